The second-order valence-corrected chi connectivity index (χ2v) is 6.41. The highest BCUT2D eigenvalue weighted by Crippen LogP contribution is 2.34. The molecule has 0 bridgehead atoms. The van der Waals surface area contributed by atoms with Crippen molar-refractivity contribution in [3.05, 3.63) is 17.7 Å². The van der Waals surface area contributed by atoms with Crippen LogP contribution < -0.4 is 24.4 Å². The van der Waals surface area contributed by atoms with Crippen LogP contribution in [0.15, 0.2) is 12.1 Å². The highest BCUT2D eigenvalue weighted by atomic mass is 16.5. The number of amides is 1. The molecular formula is C18H29N2O4+. The van der Waals surface area contributed by atoms with E-state index in [0.29, 0.717) is 30.3 Å². The van der Waals surface area contributed by atoms with Crippen molar-refractivity contribution in [2.45, 2.75) is 26.3 Å². The lowest BCUT2D eigenvalue weighted by molar-refractivity contribution is -0.898. The molecule has 1 aliphatic rings. The number of hydrogen-bond donors (Lipinski definition) is 2. The molecule has 0 aliphatic carbocycles. The molecule has 1 aromatic rings. The smallest absolute Gasteiger partial charge is 0.275 e. The predicted octanol–water partition coefficient (Wildman–Crippen LogP) is 0.643. The summed E-state index contributed by atoms with van der Waals surface area (Å²) in [5, 5.41) is 2.98. The highest BCUT2D eigenvalue weighted by Gasteiger charge is 2.21. The van der Waals surface area contributed by atoms with Crippen LogP contribution in [0.5, 0.6) is 17.2 Å². The third kappa shape index (κ3) is 4.77. The Morgan fingerprint density at radius 3 is 2.25 bits per heavy atom. The second-order valence-electron chi connectivity index (χ2n) is 6.41. The van der Waals surface area contributed by atoms with Gasteiger partial charge >= 0.3 is 0 Å². The van der Waals surface area contributed by atoms with Crippen LogP contribution in [-0.4, -0.2) is 46.9 Å². The number of quaternary nitrogens is 1. The van der Waals surface area contributed by atoms with E-state index in [0.717, 1.165) is 24.6 Å². The lowest BCUT2D eigenvalue weighted by Crippen LogP contribution is -3.14. The number of ether oxygens (including phenoxy) is 3. The van der Waals surface area contributed by atoms with Gasteiger partial charge in [0.05, 0.1) is 34.4 Å². The van der Waals surface area contributed by atoms with Crippen molar-refractivity contribution in [3.63, 3.8) is 0 Å². The SMILES string of the molecule is COc1cc(OC)c(OC)cc1CNC(=O)C[NH+]1CCC(C)CC1. The maximum Gasteiger partial charge on any atom is 0.275 e. The molecule has 0 saturated carbocycles. The van der Waals surface area contributed by atoms with Gasteiger partial charge in [-0.1, -0.05) is 6.92 Å². The summed E-state index contributed by atoms with van der Waals surface area (Å²) in [6, 6.07) is 3.62. The molecule has 0 aromatic heterocycles. The lowest BCUT2D eigenvalue weighted by Gasteiger charge is -2.26. The predicted molar refractivity (Wildman–Crippen MR) is 91.9 cm³/mol. The second kappa shape index (κ2) is 8.78. The van der Waals surface area contributed by atoms with Crippen LogP contribution in [0.25, 0.3) is 0 Å². The first-order valence-electron chi connectivity index (χ1n) is 8.46. The molecule has 0 spiro atoms. The van der Waals surface area contributed by atoms with E-state index in [2.05, 4.69) is 12.2 Å². The van der Waals surface area contributed by atoms with E-state index in [1.807, 2.05) is 6.07 Å². The fourth-order valence-electron chi connectivity index (χ4n) is 3.06. The van der Waals surface area contributed by atoms with Gasteiger partial charge in [-0.15, -0.1) is 0 Å². The summed E-state index contributed by atoms with van der Waals surface area (Å²) < 4.78 is 16.0. The zero-order chi connectivity index (χ0) is 17.5. The Bertz CT molecular complexity index is 554. The highest BCUT2D eigenvalue weighted by molar-refractivity contribution is 5.77. The summed E-state index contributed by atoms with van der Waals surface area (Å²) in [5.74, 6) is 2.76. The van der Waals surface area contributed by atoms with Crippen molar-refractivity contribution in [1.82, 2.24) is 5.32 Å². The van der Waals surface area contributed by atoms with Crippen LogP contribution in [0.4, 0.5) is 0 Å². The molecule has 6 nitrogen and oxygen atoms in total. The average Bonchev–Trinajstić information content (AvgIpc) is 2.61. The van der Waals surface area contributed by atoms with E-state index < -0.39 is 0 Å². The number of carbonyl (C=O) groups is 1. The van der Waals surface area contributed by atoms with Crippen molar-refractivity contribution in [2.24, 2.45) is 5.92 Å². The number of nitrogens with one attached hydrogen (secondary N) is 2. The number of methoxy groups -OCH3 is 3. The first-order valence-corrected chi connectivity index (χ1v) is 8.46. The maximum absolute atomic E-state index is 12.2. The standard InChI is InChI=1S/C18H28N2O4/c1-13-5-7-20(8-6-13)12-18(21)19-11-14-9-16(23-3)17(24-4)10-15(14)22-2/h9-10,13H,5-8,11-12H2,1-4H3,(H,19,21)/p+1. The minimum Gasteiger partial charge on any atom is -0.496 e. The summed E-state index contributed by atoms with van der Waals surface area (Å²) in [6.45, 7) is 5.37. The molecular weight excluding hydrogens is 308 g/mol. The average molecular weight is 337 g/mol. The van der Waals surface area contributed by atoms with Gasteiger partial charge in [-0.05, 0) is 24.8 Å². The molecule has 6 heteroatoms. The van der Waals surface area contributed by atoms with Crippen LogP contribution in [0.2, 0.25) is 0 Å². The Balaban J connectivity index is 1.94. The van der Waals surface area contributed by atoms with E-state index >= 15 is 0 Å². The normalized spacial score (nSPS) is 20.3. The van der Waals surface area contributed by atoms with Gasteiger partial charge in [0, 0.05) is 18.2 Å². The Kier molecular flexibility index (Phi) is 6.73. The van der Waals surface area contributed by atoms with E-state index in [9.17, 15) is 4.79 Å². The lowest BCUT2D eigenvalue weighted by atomic mass is 9.99. The summed E-state index contributed by atoms with van der Waals surface area (Å²) in [6.07, 6.45) is 2.40. The van der Waals surface area contributed by atoms with E-state index in [4.69, 9.17) is 14.2 Å². The van der Waals surface area contributed by atoms with Gasteiger partial charge in [-0.2, -0.15) is 0 Å². The van der Waals surface area contributed by atoms with Crippen LogP contribution in [0.3, 0.4) is 0 Å². The maximum atomic E-state index is 12.2. The third-order valence-electron chi connectivity index (χ3n) is 4.65. The summed E-state index contributed by atoms with van der Waals surface area (Å²) in [4.78, 5) is 13.6. The van der Waals surface area contributed by atoms with Crippen molar-refractivity contribution in [1.29, 1.82) is 0 Å². The van der Waals surface area contributed by atoms with Crippen molar-refractivity contribution in [3.8, 4) is 17.2 Å². The van der Waals surface area contributed by atoms with Crippen LogP contribution in [-0.2, 0) is 11.3 Å². The van der Waals surface area contributed by atoms with Gasteiger partial charge in [-0.3, -0.25) is 4.79 Å². The summed E-state index contributed by atoms with van der Waals surface area (Å²) >= 11 is 0. The van der Waals surface area contributed by atoms with E-state index in [-0.39, 0.29) is 5.91 Å². The quantitative estimate of drug-likeness (QED) is 0.767. The molecule has 0 atom stereocenters. The van der Waals surface area contributed by atoms with E-state index in [1.54, 1.807) is 27.4 Å². The Morgan fingerprint density at radius 1 is 1.08 bits per heavy atom. The molecule has 24 heavy (non-hydrogen) atoms. The van der Waals surface area contributed by atoms with Gasteiger partial charge in [0.25, 0.3) is 5.91 Å². The van der Waals surface area contributed by atoms with Crippen molar-refractivity contribution >= 4 is 5.91 Å². The summed E-state index contributed by atoms with van der Waals surface area (Å²) in [5.41, 5.74) is 0.866. The number of likely N-dealkylation sites (tertiary alicyclic amines) is 1. The van der Waals surface area contributed by atoms with Gasteiger partial charge in [-0.25, -0.2) is 0 Å². The van der Waals surface area contributed by atoms with Gasteiger partial charge in [0.2, 0.25) is 0 Å². The van der Waals surface area contributed by atoms with Crippen LogP contribution >= 0.6 is 0 Å². The topological polar surface area (TPSA) is 61.2 Å². The molecule has 0 radical (unpaired) electrons. The Hall–Kier alpha value is -1.95. The first-order chi connectivity index (χ1) is 11.6. The molecule has 1 saturated heterocycles. The number of benzene rings is 1. The van der Waals surface area contributed by atoms with Crippen molar-refractivity contribution in [2.75, 3.05) is 41.0 Å². The van der Waals surface area contributed by atoms with Crippen LogP contribution in [0, 0.1) is 5.92 Å². The molecule has 1 fully saturated rings. The van der Waals surface area contributed by atoms with Gasteiger partial charge in [0.15, 0.2) is 18.0 Å². The minimum atomic E-state index is 0.0661. The van der Waals surface area contributed by atoms with Crippen LogP contribution in [0.1, 0.15) is 25.3 Å². The molecule has 1 aliphatic heterocycles. The fourth-order valence-corrected chi connectivity index (χ4v) is 3.06. The Morgan fingerprint density at radius 2 is 1.67 bits per heavy atom. The van der Waals surface area contributed by atoms with Gasteiger partial charge < -0.3 is 24.4 Å². The van der Waals surface area contributed by atoms with Crippen molar-refractivity contribution < 1.29 is 23.9 Å². The monoisotopic (exact) mass is 337 g/mol. The third-order valence-corrected chi connectivity index (χ3v) is 4.65. The number of rotatable bonds is 7. The zero-order valence-electron chi connectivity index (χ0n) is 15.1. The fraction of sp³-hybridized carbons (Fsp3) is 0.611. The molecule has 134 valence electrons. The molecule has 1 heterocycles. The molecule has 1 aromatic carbocycles. The first kappa shape index (κ1) is 18.4. The molecule has 1 amide bonds. The molecule has 2 N–H and O–H groups in total. The largest absolute Gasteiger partial charge is 0.496 e. The molecule has 0 unspecified atom stereocenters. The summed E-state index contributed by atoms with van der Waals surface area (Å²) in [7, 11) is 4.78. The number of carbonyl (C=O) groups excluding carboxylic acids is 1. The van der Waals surface area contributed by atoms with E-state index in [1.165, 1.54) is 17.7 Å². The number of hydrogen-bond acceptors (Lipinski definition) is 4. The zero-order valence-corrected chi connectivity index (χ0v) is 15.1. The number of piperidine rings is 1. The minimum absolute atomic E-state index is 0.0661. The van der Waals surface area contributed by atoms with Gasteiger partial charge in [0.1, 0.15) is 5.75 Å². The molecule has 2 rings (SSSR count). The Labute approximate surface area is 144 Å².